The molecule has 10 heteroatoms. The summed E-state index contributed by atoms with van der Waals surface area (Å²) in [6, 6.07) is 12.4. The minimum atomic E-state index is -0.392. The first-order chi connectivity index (χ1) is 17.5. The van der Waals surface area contributed by atoms with Crippen molar-refractivity contribution in [2.75, 3.05) is 72.2 Å². The van der Waals surface area contributed by atoms with Gasteiger partial charge in [0.1, 0.15) is 11.6 Å². The Kier molecular flexibility index (Phi) is 9.52. The first-order valence-electron chi connectivity index (χ1n) is 12.1. The van der Waals surface area contributed by atoms with Crippen molar-refractivity contribution in [2.45, 2.75) is 6.10 Å². The molecule has 8 nitrogen and oxygen atoms in total. The average Bonchev–Trinajstić information content (AvgIpc) is 2.91. The summed E-state index contributed by atoms with van der Waals surface area (Å²) in [6.45, 7) is 5.57. The molecule has 0 aromatic heterocycles. The van der Waals surface area contributed by atoms with E-state index in [0.717, 1.165) is 13.1 Å². The van der Waals surface area contributed by atoms with Gasteiger partial charge in [-0.1, -0.05) is 11.6 Å². The van der Waals surface area contributed by atoms with Crippen LogP contribution in [0.1, 0.15) is 10.4 Å². The van der Waals surface area contributed by atoms with Crippen LogP contribution >= 0.6 is 11.6 Å². The van der Waals surface area contributed by atoms with Crippen LogP contribution in [0.4, 0.5) is 4.39 Å². The lowest BCUT2D eigenvalue weighted by molar-refractivity contribution is -0.141. The Bertz CT molecular complexity index is 1000. The van der Waals surface area contributed by atoms with Crippen molar-refractivity contribution in [1.29, 1.82) is 0 Å². The van der Waals surface area contributed by atoms with E-state index in [1.165, 1.54) is 24.3 Å². The molecule has 0 radical (unpaired) electrons. The van der Waals surface area contributed by atoms with Crippen LogP contribution in [0, 0.1) is 5.82 Å². The summed E-state index contributed by atoms with van der Waals surface area (Å²) < 4.78 is 30.3. The van der Waals surface area contributed by atoms with E-state index in [0.29, 0.717) is 68.9 Å². The number of hydrogen-bond donors (Lipinski definition) is 0. The van der Waals surface area contributed by atoms with Gasteiger partial charge in [0.25, 0.3) is 11.8 Å². The van der Waals surface area contributed by atoms with Crippen LogP contribution in [0.2, 0.25) is 5.02 Å². The van der Waals surface area contributed by atoms with Gasteiger partial charge in [-0.15, -0.1) is 0 Å². The van der Waals surface area contributed by atoms with Crippen molar-refractivity contribution in [2.24, 2.45) is 0 Å². The largest absolute Gasteiger partial charge is 0.484 e. The van der Waals surface area contributed by atoms with E-state index in [9.17, 15) is 14.0 Å². The monoisotopic (exact) mass is 519 g/mol. The van der Waals surface area contributed by atoms with Crippen molar-refractivity contribution in [3.05, 3.63) is 64.9 Å². The molecule has 4 rings (SSSR count). The molecule has 194 valence electrons. The molecule has 0 aliphatic carbocycles. The van der Waals surface area contributed by atoms with Crippen molar-refractivity contribution < 1.29 is 28.2 Å². The summed E-state index contributed by atoms with van der Waals surface area (Å²) >= 11 is 5.89. The molecule has 0 saturated carbocycles. The second kappa shape index (κ2) is 13.0. The first kappa shape index (κ1) is 26.3. The van der Waals surface area contributed by atoms with Gasteiger partial charge in [0.15, 0.2) is 6.61 Å². The quantitative estimate of drug-likeness (QED) is 0.507. The van der Waals surface area contributed by atoms with Crippen LogP contribution in [0.3, 0.4) is 0 Å². The van der Waals surface area contributed by atoms with E-state index >= 15 is 0 Å². The maximum atomic E-state index is 13.4. The number of nitrogens with zero attached hydrogens (tertiary/aromatic N) is 3. The van der Waals surface area contributed by atoms with E-state index in [2.05, 4.69) is 4.90 Å². The summed E-state index contributed by atoms with van der Waals surface area (Å²) in [6.07, 6.45) is -0.340. The number of ether oxygens (including phenoxy) is 3. The van der Waals surface area contributed by atoms with Gasteiger partial charge in [-0.05, 0) is 48.5 Å². The zero-order valence-electron chi connectivity index (χ0n) is 20.1. The molecule has 36 heavy (non-hydrogen) atoms. The molecule has 0 bridgehead atoms. The van der Waals surface area contributed by atoms with Gasteiger partial charge in [0.2, 0.25) is 0 Å². The molecular weight excluding hydrogens is 489 g/mol. The number of rotatable bonds is 9. The van der Waals surface area contributed by atoms with Crippen LogP contribution in [0.25, 0.3) is 0 Å². The number of carbonyl (C=O) groups excluding carboxylic acids is 2. The summed E-state index contributed by atoms with van der Waals surface area (Å²) in [5.41, 5.74) is 0.415. The predicted molar refractivity (Wildman–Crippen MR) is 133 cm³/mol. The topological polar surface area (TPSA) is 71.6 Å². The Labute approximate surface area is 215 Å². The summed E-state index contributed by atoms with van der Waals surface area (Å²) in [7, 11) is 0. The fourth-order valence-corrected chi connectivity index (χ4v) is 4.33. The molecule has 1 atom stereocenters. The molecule has 2 saturated heterocycles. The van der Waals surface area contributed by atoms with Crippen LogP contribution in [-0.4, -0.2) is 105 Å². The lowest BCUT2D eigenvalue weighted by Crippen LogP contribution is -2.52. The Morgan fingerprint density at radius 2 is 1.75 bits per heavy atom. The normalized spacial score (nSPS) is 18.6. The number of morpholine rings is 2. The second-order valence-electron chi connectivity index (χ2n) is 8.79. The molecule has 2 aliphatic rings. The van der Waals surface area contributed by atoms with Crippen LogP contribution in [0.15, 0.2) is 48.5 Å². The average molecular weight is 520 g/mol. The highest BCUT2D eigenvalue weighted by Crippen LogP contribution is 2.16. The maximum absolute atomic E-state index is 13.4. The predicted octanol–water partition coefficient (Wildman–Crippen LogP) is 2.56. The van der Waals surface area contributed by atoms with Crippen molar-refractivity contribution in [3.63, 3.8) is 0 Å². The molecule has 2 heterocycles. The molecule has 0 N–H and O–H groups in total. The van der Waals surface area contributed by atoms with Gasteiger partial charge in [-0.2, -0.15) is 0 Å². The fraction of sp³-hybridized carbons (Fsp3) is 0.462. The molecule has 0 spiro atoms. The van der Waals surface area contributed by atoms with Crippen LogP contribution in [0.5, 0.6) is 5.75 Å². The second-order valence-corrected chi connectivity index (χ2v) is 9.22. The Morgan fingerprint density at radius 1 is 1.03 bits per heavy atom. The number of carbonyl (C=O) groups is 2. The number of amides is 2. The summed E-state index contributed by atoms with van der Waals surface area (Å²) in [4.78, 5) is 31.7. The molecular formula is C26H31ClFN3O5. The smallest absolute Gasteiger partial charge is 0.260 e. The van der Waals surface area contributed by atoms with Gasteiger partial charge in [-0.3, -0.25) is 14.5 Å². The lowest BCUT2D eigenvalue weighted by atomic mass is 10.1. The Hall–Kier alpha value is -2.72. The van der Waals surface area contributed by atoms with E-state index < -0.39 is 5.82 Å². The molecule has 2 aliphatic heterocycles. The summed E-state index contributed by atoms with van der Waals surface area (Å²) in [5, 5.41) is 0.595. The van der Waals surface area contributed by atoms with Gasteiger partial charge >= 0.3 is 0 Å². The third kappa shape index (κ3) is 7.64. The summed E-state index contributed by atoms with van der Waals surface area (Å²) in [5.74, 6) is -0.168. The molecule has 2 aromatic rings. The van der Waals surface area contributed by atoms with Crippen molar-refractivity contribution in [1.82, 2.24) is 14.7 Å². The lowest BCUT2D eigenvalue weighted by Gasteiger charge is -2.36. The molecule has 2 fully saturated rings. The minimum Gasteiger partial charge on any atom is -0.484 e. The highest BCUT2D eigenvalue weighted by molar-refractivity contribution is 6.30. The van der Waals surface area contributed by atoms with Crippen molar-refractivity contribution in [3.8, 4) is 5.75 Å². The van der Waals surface area contributed by atoms with E-state index in [1.807, 2.05) is 0 Å². The highest BCUT2D eigenvalue weighted by atomic mass is 35.5. The van der Waals surface area contributed by atoms with Gasteiger partial charge in [0, 0.05) is 56.4 Å². The Morgan fingerprint density at radius 3 is 2.47 bits per heavy atom. The van der Waals surface area contributed by atoms with Crippen LogP contribution in [-0.2, 0) is 14.3 Å². The highest BCUT2D eigenvalue weighted by Gasteiger charge is 2.28. The maximum Gasteiger partial charge on any atom is 0.260 e. The van der Waals surface area contributed by atoms with Gasteiger partial charge in [0.05, 0.1) is 25.9 Å². The van der Waals surface area contributed by atoms with Gasteiger partial charge in [-0.25, -0.2) is 4.39 Å². The van der Waals surface area contributed by atoms with Crippen LogP contribution < -0.4 is 4.74 Å². The van der Waals surface area contributed by atoms with Crippen molar-refractivity contribution >= 4 is 23.4 Å². The van der Waals surface area contributed by atoms with E-state index in [4.69, 9.17) is 25.8 Å². The standard InChI is InChI=1S/C26H31ClFN3O5/c27-21-3-7-23(8-4-21)36-19-25(32)30-13-16-35-24(17-30)18-31(10-9-29-11-14-34-15-12-29)26(33)20-1-5-22(28)6-2-20/h1-8,24H,9-19H2. The number of halogens is 2. The minimum absolute atomic E-state index is 0.0936. The molecule has 2 aromatic carbocycles. The molecule has 1 unspecified atom stereocenters. The number of benzene rings is 2. The fourth-order valence-electron chi connectivity index (χ4n) is 4.21. The molecule has 2 amide bonds. The SMILES string of the molecule is O=C(COc1ccc(Cl)cc1)N1CCOC(CN(CCN2CCOCC2)C(=O)c2ccc(F)cc2)C1. The van der Waals surface area contributed by atoms with Gasteiger partial charge < -0.3 is 24.0 Å². The van der Waals surface area contributed by atoms with E-state index in [1.54, 1.807) is 34.1 Å². The third-order valence-corrected chi connectivity index (χ3v) is 6.51. The van der Waals surface area contributed by atoms with E-state index in [-0.39, 0.29) is 24.5 Å². The zero-order valence-corrected chi connectivity index (χ0v) is 20.9. The Balaban J connectivity index is 1.35. The first-order valence-corrected chi connectivity index (χ1v) is 12.5. The third-order valence-electron chi connectivity index (χ3n) is 6.26. The number of hydrogen-bond acceptors (Lipinski definition) is 6. The zero-order chi connectivity index (χ0) is 25.3.